The number of hydrogen-bond acceptors (Lipinski definition) is 11. The van der Waals surface area contributed by atoms with Crippen molar-refractivity contribution in [2.45, 2.75) is 302 Å². The van der Waals surface area contributed by atoms with Gasteiger partial charge in [0.1, 0.15) is 18.8 Å². The van der Waals surface area contributed by atoms with E-state index >= 15 is 0 Å². The van der Waals surface area contributed by atoms with E-state index in [1.807, 2.05) is 0 Å². The lowest BCUT2D eigenvalue weighted by molar-refractivity contribution is -0.301. The zero-order chi connectivity index (χ0) is 56.1. The lowest BCUT2D eigenvalue weighted by Crippen LogP contribution is -2.61. The normalized spacial score (nSPS) is 18.5. The minimum Gasteiger partial charge on any atom is -0.479 e. The molecule has 77 heavy (non-hydrogen) atoms. The van der Waals surface area contributed by atoms with Gasteiger partial charge in [0, 0.05) is 19.3 Å². The van der Waals surface area contributed by atoms with Crippen molar-refractivity contribution in [1.82, 2.24) is 0 Å². The molecule has 0 saturated carbocycles. The summed E-state index contributed by atoms with van der Waals surface area (Å²) in [6.07, 6.45) is 54.4. The molecule has 0 aliphatic carbocycles. The summed E-state index contributed by atoms with van der Waals surface area (Å²) >= 11 is 0. The summed E-state index contributed by atoms with van der Waals surface area (Å²) < 4.78 is 28.4. The van der Waals surface area contributed by atoms with Gasteiger partial charge in [-0.25, -0.2) is 4.79 Å². The number of allylic oxidation sites excluding steroid dienone is 12. The second-order valence-corrected chi connectivity index (χ2v) is 21.0. The second kappa shape index (κ2) is 52.8. The van der Waals surface area contributed by atoms with Crippen molar-refractivity contribution < 1.29 is 58.2 Å². The van der Waals surface area contributed by atoms with E-state index in [2.05, 4.69) is 93.7 Å². The predicted octanol–water partition coefficient (Wildman–Crippen LogP) is 16.1. The topological polar surface area (TPSA) is 175 Å². The number of hydrogen-bond donors (Lipinski definition) is 3. The largest absolute Gasteiger partial charge is 0.479 e. The van der Waals surface area contributed by atoms with Gasteiger partial charge in [0.05, 0.1) is 6.61 Å². The van der Waals surface area contributed by atoms with Gasteiger partial charge in [-0.1, -0.05) is 229 Å². The van der Waals surface area contributed by atoms with Crippen LogP contribution in [0.1, 0.15) is 265 Å². The van der Waals surface area contributed by atoms with Crippen LogP contribution in [0.15, 0.2) is 72.9 Å². The fraction of sp³-hybridized carbons (Fsp3) is 0.754. The van der Waals surface area contributed by atoms with Crippen LogP contribution in [0.3, 0.4) is 0 Å². The standard InChI is InChI=1S/C65H110O12/c1-4-7-10-13-16-19-22-24-26-28-29-31-32-34-37-39-42-45-48-51-57(66)73-54-56(75-58(67)52-49-46-43-41-38-35-33-30-27-25-23-20-17-14-11-8-5-2)55-74-65-63(61(70)60(69)62(77-65)64(71)72)76-59(68)53-50-47-44-40-36-21-18-15-12-9-6-3/h8,11,16-17,19-20,24-27,33,35,56,60-63,65,69-70H,4-7,9-10,12-15,18,21-23,28-32,34,36-55H2,1-3H3,(H,71,72)/b11-8-,19-16-,20-17-,26-24-,27-25-,35-33-. The van der Waals surface area contributed by atoms with E-state index in [9.17, 15) is 34.5 Å². The summed E-state index contributed by atoms with van der Waals surface area (Å²) in [5.41, 5.74) is 0. The van der Waals surface area contributed by atoms with E-state index in [1.54, 1.807) is 0 Å². The molecule has 6 unspecified atom stereocenters. The number of aliphatic hydroxyl groups is 2. The van der Waals surface area contributed by atoms with Crippen LogP contribution >= 0.6 is 0 Å². The van der Waals surface area contributed by atoms with Crippen molar-refractivity contribution in [3.8, 4) is 0 Å². The van der Waals surface area contributed by atoms with Crippen LogP contribution in [-0.4, -0.2) is 89.2 Å². The van der Waals surface area contributed by atoms with Crippen LogP contribution in [-0.2, 0) is 42.9 Å². The first-order valence-corrected chi connectivity index (χ1v) is 30.9. The van der Waals surface area contributed by atoms with Crippen molar-refractivity contribution in [1.29, 1.82) is 0 Å². The fourth-order valence-corrected chi connectivity index (χ4v) is 9.04. The highest BCUT2D eigenvalue weighted by molar-refractivity contribution is 5.74. The number of unbranched alkanes of at least 4 members (excludes halogenated alkanes) is 26. The Labute approximate surface area is 468 Å². The quantitative estimate of drug-likeness (QED) is 0.0228. The molecule has 0 aromatic heterocycles. The van der Waals surface area contributed by atoms with Gasteiger partial charge in [0.25, 0.3) is 0 Å². The molecule has 1 aliphatic heterocycles. The van der Waals surface area contributed by atoms with E-state index in [0.29, 0.717) is 19.3 Å². The first-order chi connectivity index (χ1) is 37.6. The molecule has 1 fully saturated rings. The van der Waals surface area contributed by atoms with E-state index in [4.69, 9.17) is 23.7 Å². The highest BCUT2D eigenvalue weighted by Gasteiger charge is 2.50. The lowest BCUT2D eigenvalue weighted by atomic mass is 9.98. The minimum absolute atomic E-state index is 0.0578. The zero-order valence-electron chi connectivity index (χ0n) is 48.7. The van der Waals surface area contributed by atoms with Crippen LogP contribution in [0, 0.1) is 0 Å². The van der Waals surface area contributed by atoms with Gasteiger partial charge >= 0.3 is 23.9 Å². The van der Waals surface area contributed by atoms with Crippen molar-refractivity contribution in [2.75, 3.05) is 13.2 Å². The summed E-state index contributed by atoms with van der Waals surface area (Å²) in [5, 5.41) is 31.5. The molecular weight excluding hydrogens is 973 g/mol. The first kappa shape index (κ1) is 71.2. The van der Waals surface area contributed by atoms with Gasteiger partial charge in [-0.2, -0.15) is 0 Å². The average molecular weight is 1080 g/mol. The Morgan fingerprint density at radius 3 is 1.27 bits per heavy atom. The smallest absolute Gasteiger partial charge is 0.335 e. The second-order valence-electron chi connectivity index (χ2n) is 21.0. The first-order valence-electron chi connectivity index (χ1n) is 30.9. The number of ether oxygens (including phenoxy) is 5. The molecular formula is C65H110O12. The summed E-state index contributed by atoms with van der Waals surface area (Å²) in [6, 6.07) is 0. The molecule has 0 radical (unpaired) electrons. The van der Waals surface area contributed by atoms with Gasteiger partial charge in [-0.05, 0) is 89.9 Å². The number of rotatable bonds is 52. The molecule has 6 atom stereocenters. The lowest BCUT2D eigenvalue weighted by Gasteiger charge is -2.40. The molecule has 0 aromatic rings. The highest BCUT2D eigenvalue weighted by atomic mass is 16.7. The van der Waals surface area contributed by atoms with Gasteiger partial charge in [0.2, 0.25) is 0 Å². The Morgan fingerprint density at radius 1 is 0.442 bits per heavy atom. The number of carboxylic acids is 1. The molecule has 1 rings (SSSR count). The van der Waals surface area contributed by atoms with Crippen LogP contribution in [0.5, 0.6) is 0 Å². The monoisotopic (exact) mass is 1080 g/mol. The molecule has 0 spiro atoms. The maximum atomic E-state index is 13.2. The Balaban J connectivity index is 2.68. The molecule has 0 amide bonds. The Morgan fingerprint density at radius 2 is 0.818 bits per heavy atom. The summed E-state index contributed by atoms with van der Waals surface area (Å²) in [6.45, 7) is 5.83. The Kier molecular flexibility index (Phi) is 48.8. The third-order valence-corrected chi connectivity index (χ3v) is 13.8. The van der Waals surface area contributed by atoms with Crippen molar-refractivity contribution in [3.05, 3.63) is 72.9 Å². The van der Waals surface area contributed by atoms with Crippen molar-refractivity contribution in [2.24, 2.45) is 0 Å². The van der Waals surface area contributed by atoms with Gasteiger partial charge < -0.3 is 39.0 Å². The van der Waals surface area contributed by atoms with Crippen LogP contribution in [0.25, 0.3) is 0 Å². The third kappa shape index (κ3) is 42.7. The number of esters is 3. The van der Waals surface area contributed by atoms with E-state index in [1.165, 1.54) is 96.3 Å². The molecule has 1 aliphatic rings. The molecule has 1 saturated heterocycles. The fourth-order valence-electron chi connectivity index (χ4n) is 9.04. The zero-order valence-corrected chi connectivity index (χ0v) is 48.7. The average Bonchev–Trinajstić information content (AvgIpc) is 3.42. The number of carbonyl (C=O) groups excluding carboxylic acids is 3. The number of aliphatic hydroxyl groups excluding tert-OH is 2. The van der Waals surface area contributed by atoms with E-state index < -0.39 is 67.3 Å². The third-order valence-electron chi connectivity index (χ3n) is 13.8. The number of carbonyl (C=O) groups is 4. The minimum atomic E-state index is -1.91. The van der Waals surface area contributed by atoms with E-state index in [-0.39, 0.29) is 25.9 Å². The molecule has 1 heterocycles. The Hall–Kier alpha value is -3.84. The van der Waals surface area contributed by atoms with Gasteiger partial charge in [-0.15, -0.1) is 0 Å². The molecule has 0 aromatic carbocycles. The van der Waals surface area contributed by atoms with E-state index in [0.717, 1.165) is 109 Å². The van der Waals surface area contributed by atoms with Crippen LogP contribution in [0.2, 0.25) is 0 Å². The van der Waals surface area contributed by atoms with Crippen molar-refractivity contribution in [3.63, 3.8) is 0 Å². The molecule has 12 heteroatoms. The van der Waals surface area contributed by atoms with Crippen LogP contribution in [0.4, 0.5) is 0 Å². The highest BCUT2D eigenvalue weighted by Crippen LogP contribution is 2.26. The number of aliphatic carboxylic acids is 1. The molecule has 3 N–H and O–H groups in total. The molecule has 0 bridgehead atoms. The molecule has 442 valence electrons. The predicted molar refractivity (Wildman–Crippen MR) is 312 cm³/mol. The van der Waals surface area contributed by atoms with Crippen LogP contribution < -0.4 is 0 Å². The summed E-state index contributed by atoms with van der Waals surface area (Å²) in [4.78, 5) is 51.2. The number of carboxylic acid groups (broad SMARTS) is 1. The maximum absolute atomic E-state index is 13.2. The van der Waals surface area contributed by atoms with Crippen molar-refractivity contribution >= 4 is 23.9 Å². The summed E-state index contributed by atoms with van der Waals surface area (Å²) in [5.74, 6) is -3.15. The molecule has 12 nitrogen and oxygen atoms in total. The SMILES string of the molecule is CC/C=C\C/C=C\C/C=C\C/C=C\CCCCCCC(=O)OC(COC(=O)CCCCCCCCCCC/C=C\C/C=C\CCCCC)COC1OC(C(=O)O)C(O)C(O)C1OC(=O)CCCCCCCCCCCCC. The Bertz CT molecular complexity index is 1620. The maximum Gasteiger partial charge on any atom is 0.335 e. The van der Waals surface area contributed by atoms with Gasteiger partial charge in [-0.3, -0.25) is 14.4 Å². The van der Waals surface area contributed by atoms with Gasteiger partial charge in [0.15, 0.2) is 24.6 Å². The summed E-state index contributed by atoms with van der Waals surface area (Å²) in [7, 11) is 0.